The van der Waals surface area contributed by atoms with E-state index < -0.39 is 0 Å². The van der Waals surface area contributed by atoms with Gasteiger partial charge in [-0.2, -0.15) is 0 Å². The standard InChI is InChI=1S/C19H31N5O/c1-19(10-4-6-15(20)12-19)22-14-16-8-9-17(13-21-16)23-18(25)7-5-11-24(2)3/h5,7-9,13,15,22H,4,6,10-12,14,20H2,1-3H3,(H,23,25). The maximum Gasteiger partial charge on any atom is 0.248 e. The van der Waals surface area contributed by atoms with Crippen molar-refractivity contribution in [1.29, 1.82) is 0 Å². The van der Waals surface area contributed by atoms with Gasteiger partial charge in [0, 0.05) is 30.7 Å². The van der Waals surface area contributed by atoms with Crippen molar-refractivity contribution in [2.24, 2.45) is 5.73 Å². The van der Waals surface area contributed by atoms with Crippen LogP contribution in [0.4, 0.5) is 5.69 Å². The first-order valence-corrected chi connectivity index (χ1v) is 8.94. The Kier molecular flexibility index (Phi) is 7.11. The number of nitrogens with one attached hydrogen (secondary N) is 2. The minimum Gasteiger partial charge on any atom is -0.328 e. The van der Waals surface area contributed by atoms with Crippen LogP contribution < -0.4 is 16.4 Å². The zero-order valence-corrected chi connectivity index (χ0v) is 15.6. The molecule has 1 aromatic rings. The van der Waals surface area contributed by atoms with Crippen LogP contribution in [0.2, 0.25) is 0 Å². The van der Waals surface area contributed by atoms with Crippen LogP contribution in [0.5, 0.6) is 0 Å². The van der Waals surface area contributed by atoms with Crippen LogP contribution >= 0.6 is 0 Å². The molecule has 0 aliphatic heterocycles. The third-order valence-electron chi connectivity index (χ3n) is 4.54. The molecule has 0 aromatic carbocycles. The molecule has 2 unspecified atom stereocenters. The number of likely N-dealkylation sites (N-methyl/N-ethyl adjacent to an activating group) is 1. The summed E-state index contributed by atoms with van der Waals surface area (Å²) in [5.41, 5.74) is 7.84. The molecule has 1 heterocycles. The number of hydrogen-bond donors (Lipinski definition) is 3. The highest BCUT2D eigenvalue weighted by molar-refractivity contribution is 5.99. The summed E-state index contributed by atoms with van der Waals surface area (Å²) in [5, 5.41) is 6.42. The van der Waals surface area contributed by atoms with Crippen LogP contribution in [-0.2, 0) is 11.3 Å². The van der Waals surface area contributed by atoms with Gasteiger partial charge in [-0.05, 0) is 52.4 Å². The topological polar surface area (TPSA) is 83.3 Å². The fourth-order valence-corrected chi connectivity index (χ4v) is 3.16. The molecule has 2 rings (SSSR count). The molecule has 1 aromatic heterocycles. The quantitative estimate of drug-likeness (QED) is 0.657. The van der Waals surface area contributed by atoms with Crippen molar-refractivity contribution < 1.29 is 4.79 Å². The van der Waals surface area contributed by atoms with Gasteiger partial charge >= 0.3 is 0 Å². The van der Waals surface area contributed by atoms with E-state index in [4.69, 9.17) is 5.73 Å². The van der Waals surface area contributed by atoms with E-state index in [1.54, 1.807) is 12.3 Å². The van der Waals surface area contributed by atoms with E-state index in [0.29, 0.717) is 12.2 Å². The minimum absolute atomic E-state index is 0.0868. The summed E-state index contributed by atoms with van der Waals surface area (Å²) < 4.78 is 0. The van der Waals surface area contributed by atoms with Gasteiger partial charge in [-0.15, -0.1) is 0 Å². The van der Waals surface area contributed by atoms with Gasteiger partial charge < -0.3 is 21.3 Å². The van der Waals surface area contributed by atoms with Crippen molar-refractivity contribution >= 4 is 11.6 Å². The van der Waals surface area contributed by atoms with Gasteiger partial charge in [0.25, 0.3) is 0 Å². The van der Waals surface area contributed by atoms with E-state index in [9.17, 15) is 4.79 Å². The Balaban J connectivity index is 1.81. The highest BCUT2D eigenvalue weighted by Gasteiger charge is 2.29. The predicted molar refractivity (Wildman–Crippen MR) is 102 cm³/mol. The zero-order chi connectivity index (χ0) is 18.3. The molecule has 2 atom stereocenters. The second kappa shape index (κ2) is 9.08. The highest BCUT2D eigenvalue weighted by atomic mass is 16.1. The van der Waals surface area contributed by atoms with Crippen molar-refractivity contribution in [2.45, 2.75) is 50.7 Å². The number of amides is 1. The predicted octanol–water partition coefficient (Wildman–Crippen LogP) is 1.89. The van der Waals surface area contributed by atoms with E-state index >= 15 is 0 Å². The maximum absolute atomic E-state index is 11.8. The average Bonchev–Trinajstić information content (AvgIpc) is 2.54. The first kappa shape index (κ1) is 19.6. The summed E-state index contributed by atoms with van der Waals surface area (Å²) >= 11 is 0. The van der Waals surface area contributed by atoms with Crippen LogP contribution in [0.15, 0.2) is 30.5 Å². The number of nitrogens with two attached hydrogens (primary N) is 1. The number of rotatable bonds is 7. The number of anilines is 1. The van der Waals surface area contributed by atoms with E-state index in [1.807, 2.05) is 37.2 Å². The molecule has 138 valence electrons. The largest absolute Gasteiger partial charge is 0.328 e. The van der Waals surface area contributed by atoms with E-state index in [2.05, 4.69) is 22.5 Å². The molecule has 1 fully saturated rings. The summed E-state index contributed by atoms with van der Waals surface area (Å²) in [4.78, 5) is 18.2. The number of carbonyl (C=O) groups excluding carboxylic acids is 1. The van der Waals surface area contributed by atoms with Crippen molar-refractivity contribution in [3.05, 3.63) is 36.2 Å². The van der Waals surface area contributed by atoms with Crippen molar-refractivity contribution in [3.63, 3.8) is 0 Å². The fourth-order valence-electron chi connectivity index (χ4n) is 3.16. The number of aromatic nitrogens is 1. The maximum atomic E-state index is 11.8. The zero-order valence-electron chi connectivity index (χ0n) is 15.6. The first-order chi connectivity index (χ1) is 11.9. The third kappa shape index (κ3) is 6.94. The molecule has 1 aliphatic rings. The molecule has 1 saturated carbocycles. The fraction of sp³-hybridized carbons (Fsp3) is 0.579. The van der Waals surface area contributed by atoms with Crippen LogP contribution in [-0.4, -0.2) is 48.0 Å². The molecule has 6 nitrogen and oxygen atoms in total. The molecule has 0 spiro atoms. The smallest absolute Gasteiger partial charge is 0.248 e. The Morgan fingerprint density at radius 2 is 2.28 bits per heavy atom. The van der Waals surface area contributed by atoms with Crippen molar-refractivity contribution in [2.75, 3.05) is 26.0 Å². The molecular weight excluding hydrogens is 314 g/mol. The second-order valence-corrected chi connectivity index (χ2v) is 7.46. The lowest BCUT2D eigenvalue weighted by atomic mass is 9.80. The van der Waals surface area contributed by atoms with Crippen LogP contribution in [0.25, 0.3) is 0 Å². The van der Waals surface area contributed by atoms with Crippen molar-refractivity contribution in [1.82, 2.24) is 15.2 Å². The number of hydrogen-bond acceptors (Lipinski definition) is 5. The Hall–Kier alpha value is -1.76. The van der Waals surface area contributed by atoms with E-state index in [1.165, 1.54) is 6.42 Å². The minimum atomic E-state index is -0.141. The number of pyridine rings is 1. The number of carbonyl (C=O) groups is 1. The lowest BCUT2D eigenvalue weighted by molar-refractivity contribution is -0.111. The molecule has 0 bridgehead atoms. The summed E-state index contributed by atoms with van der Waals surface area (Å²) in [7, 11) is 3.92. The molecule has 0 saturated heterocycles. The van der Waals surface area contributed by atoms with Gasteiger partial charge in [0.05, 0.1) is 17.6 Å². The Morgan fingerprint density at radius 3 is 2.92 bits per heavy atom. The average molecular weight is 345 g/mol. The first-order valence-electron chi connectivity index (χ1n) is 8.94. The molecule has 1 aliphatic carbocycles. The number of nitrogens with zero attached hydrogens (tertiary/aromatic N) is 2. The Morgan fingerprint density at radius 1 is 1.48 bits per heavy atom. The molecular formula is C19H31N5O. The third-order valence-corrected chi connectivity index (χ3v) is 4.54. The lowest BCUT2D eigenvalue weighted by Crippen LogP contribution is -2.49. The Labute approximate surface area is 150 Å². The monoisotopic (exact) mass is 345 g/mol. The van der Waals surface area contributed by atoms with Gasteiger partial charge in [0.15, 0.2) is 0 Å². The van der Waals surface area contributed by atoms with Crippen LogP contribution in [0.3, 0.4) is 0 Å². The second-order valence-electron chi connectivity index (χ2n) is 7.46. The van der Waals surface area contributed by atoms with Gasteiger partial charge in [-0.25, -0.2) is 0 Å². The van der Waals surface area contributed by atoms with Crippen molar-refractivity contribution in [3.8, 4) is 0 Å². The Bertz CT molecular complexity index is 584. The van der Waals surface area contributed by atoms with Crippen LogP contribution in [0, 0.1) is 0 Å². The normalized spacial score (nSPS) is 24.0. The van der Waals surface area contributed by atoms with Gasteiger partial charge in [-0.3, -0.25) is 9.78 Å². The van der Waals surface area contributed by atoms with Gasteiger partial charge in [-0.1, -0.05) is 12.5 Å². The SMILES string of the molecule is CN(C)CC=CC(=O)Nc1ccc(CNC2(C)CCCC(N)C2)nc1. The lowest BCUT2D eigenvalue weighted by Gasteiger charge is -2.37. The molecule has 4 N–H and O–H groups in total. The molecule has 25 heavy (non-hydrogen) atoms. The van der Waals surface area contributed by atoms with Gasteiger partial charge in [0.1, 0.15) is 0 Å². The highest BCUT2D eigenvalue weighted by Crippen LogP contribution is 2.27. The van der Waals surface area contributed by atoms with E-state index in [0.717, 1.165) is 31.5 Å². The van der Waals surface area contributed by atoms with Gasteiger partial charge in [0.2, 0.25) is 5.91 Å². The van der Waals surface area contributed by atoms with Crippen LogP contribution in [0.1, 0.15) is 38.3 Å². The molecule has 0 radical (unpaired) electrons. The molecule has 6 heteroatoms. The van der Waals surface area contributed by atoms with E-state index in [-0.39, 0.29) is 17.5 Å². The molecule has 1 amide bonds. The summed E-state index contributed by atoms with van der Waals surface area (Å²) in [5.74, 6) is -0.141. The summed E-state index contributed by atoms with van der Waals surface area (Å²) in [6.45, 7) is 3.68. The summed E-state index contributed by atoms with van der Waals surface area (Å²) in [6.07, 6.45) is 9.51. The summed E-state index contributed by atoms with van der Waals surface area (Å²) in [6, 6.07) is 4.12.